The van der Waals surface area contributed by atoms with Gasteiger partial charge in [0.05, 0.1) is 47.5 Å². The molecule has 15 rings (SSSR count). The summed E-state index contributed by atoms with van der Waals surface area (Å²) in [5.74, 6) is -4.77. The van der Waals surface area contributed by atoms with Gasteiger partial charge in [0.1, 0.15) is 46.0 Å². The van der Waals surface area contributed by atoms with Crippen LogP contribution in [-0.2, 0) is 45.3 Å². The Kier molecular flexibility index (Phi) is 16.3. The Hall–Kier alpha value is -11.2. The first-order chi connectivity index (χ1) is 49.3. The molecule has 28 heteroatoms. The molecule has 0 saturated heterocycles. The number of fused-ring (bicyclic) bond motifs is 4. The van der Waals surface area contributed by atoms with Crippen molar-refractivity contribution in [1.29, 1.82) is 0 Å². The molecule has 0 aliphatic carbocycles. The SMILES string of the molecule is CC(C)c1cccc(C(C)C)c1N1C(=O)c2cc(Oc3ccc(S(=O)(=O)O)cc3)c3c4ccc5c6c(Oc7ccc(S(=O)(=O)O)cc7)cc7c8c(cc(Oc9ccc(S(=O)(=O)O)cc9)c(c9ccc(c%10c(Oc%11ccc(S(=O)(=O)O)cc%11)cc(c2c3%10)C1=O)c4c59)c86)C(=O)N(CCCCCC(=O)O)C7=O. The summed E-state index contributed by atoms with van der Waals surface area (Å²) in [6.07, 6.45) is 0.580. The Morgan fingerprint density at radius 1 is 0.365 bits per heavy atom. The summed E-state index contributed by atoms with van der Waals surface area (Å²) in [6.45, 7) is 7.54. The van der Waals surface area contributed by atoms with Gasteiger partial charge in [-0.3, -0.25) is 47.1 Å². The number of amides is 4. The second-order valence-corrected chi connectivity index (χ2v) is 31.6. The third-order valence-electron chi connectivity index (χ3n) is 19.0. The van der Waals surface area contributed by atoms with Gasteiger partial charge in [0, 0.05) is 56.1 Å². The molecule has 0 radical (unpaired) electrons. The highest BCUT2D eigenvalue weighted by Gasteiger charge is 2.42. The second kappa shape index (κ2) is 24.8. The van der Waals surface area contributed by atoms with Crippen molar-refractivity contribution in [3.8, 4) is 46.0 Å². The first kappa shape index (κ1) is 68.6. The molecule has 2 heterocycles. The van der Waals surface area contributed by atoms with Crippen molar-refractivity contribution in [2.75, 3.05) is 11.4 Å². The number of rotatable bonds is 21. The molecule has 5 N–H and O–H groups in total. The highest BCUT2D eigenvalue weighted by Crippen LogP contribution is 2.58. The van der Waals surface area contributed by atoms with Crippen LogP contribution in [0.2, 0.25) is 0 Å². The number of unbranched alkanes of at least 4 members (excludes halogenated alkanes) is 2. The minimum absolute atomic E-state index is 0.00223. The number of benzene rings is 13. The highest BCUT2D eigenvalue weighted by molar-refractivity contribution is 7.86. The van der Waals surface area contributed by atoms with Gasteiger partial charge in [0.25, 0.3) is 64.1 Å². The molecule has 104 heavy (non-hydrogen) atoms. The lowest BCUT2D eigenvalue weighted by molar-refractivity contribution is -0.137. The summed E-state index contributed by atoms with van der Waals surface area (Å²) in [4.78, 5) is 74.5. The van der Waals surface area contributed by atoms with Crippen molar-refractivity contribution in [3.63, 3.8) is 0 Å². The standard InChI is InChI=1S/C76H56N2O22S4/c1-37(2)47-9-8-10-48(38(3)4)72(47)78-75(83)55-35-59(99-41-16-24-45(25-17-41)103(91,92)93)68-51-30-28-49-62-50(29-31-52(63(51)62)69-60(36-56(76(78)84)65(55)71(68)69)100-42-18-26-46(27-19-42)104(94,95)96)67-58(98-40-14-22-44(23-15-40)102(88,89)90)34-54-64-53(73(81)77(74(54)82)32-7-5-6-11-61(79)80)33-57(66(49)70(64)67)97-39-12-20-43(21-13-39)101(85,86)87/h8-10,12-31,33-38H,5-7,11,32H2,1-4H3,(H,79,80)(H,85,86,87)(H,88,89,90)(H,91,92,93)(H,94,95,96). The molecule has 0 unspecified atom stereocenters. The lowest BCUT2D eigenvalue weighted by Crippen LogP contribution is -2.42. The molecular formula is C76H56N2O22S4. The quantitative estimate of drug-likeness (QED) is 0.0147. The van der Waals surface area contributed by atoms with Crippen LogP contribution in [0.3, 0.4) is 0 Å². The van der Waals surface area contributed by atoms with E-state index in [-0.39, 0.29) is 149 Å². The molecule has 526 valence electrons. The number of nitrogens with zero attached hydrogens (tertiary/aromatic N) is 2. The first-order valence-corrected chi connectivity index (χ1v) is 38.1. The zero-order valence-electron chi connectivity index (χ0n) is 55.0. The fourth-order valence-electron chi connectivity index (χ4n) is 14.4. The maximum atomic E-state index is 16.1. The second-order valence-electron chi connectivity index (χ2n) is 26.0. The molecule has 0 spiro atoms. The number of imide groups is 2. The fourth-order valence-corrected chi connectivity index (χ4v) is 16.3. The van der Waals surface area contributed by atoms with Crippen LogP contribution in [0.1, 0.15) is 118 Å². The predicted octanol–water partition coefficient (Wildman–Crippen LogP) is 16.1. The molecular weight excluding hydrogens is 1420 g/mol. The number of hydrogen-bond donors (Lipinski definition) is 5. The molecule has 4 amide bonds. The summed E-state index contributed by atoms with van der Waals surface area (Å²) in [7, 11) is -19.0. The van der Waals surface area contributed by atoms with Gasteiger partial charge in [-0.1, -0.05) is 76.6 Å². The van der Waals surface area contributed by atoms with Crippen molar-refractivity contribution in [2.45, 2.75) is 84.8 Å². The lowest BCUT2D eigenvalue weighted by Gasteiger charge is -2.33. The summed E-state index contributed by atoms with van der Waals surface area (Å²) in [6, 6.07) is 37.2. The molecule has 0 atom stereocenters. The van der Waals surface area contributed by atoms with E-state index in [1.807, 2.05) is 45.9 Å². The molecule has 0 fully saturated rings. The molecule has 2 aliphatic heterocycles. The lowest BCUT2D eigenvalue weighted by atomic mass is 9.79. The molecule has 2 aliphatic rings. The van der Waals surface area contributed by atoms with Gasteiger partial charge in [0.15, 0.2) is 0 Å². The van der Waals surface area contributed by atoms with E-state index in [0.29, 0.717) is 55.6 Å². The topological polar surface area (TPSA) is 366 Å². The van der Waals surface area contributed by atoms with Crippen LogP contribution in [-0.4, -0.2) is 98.0 Å². The Morgan fingerprint density at radius 2 is 0.654 bits per heavy atom. The summed E-state index contributed by atoms with van der Waals surface area (Å²) >= 11 is 0. The van der Waals surface area contributed by atoms with Crippen LogP contribution < -0.4 is 23.8 Å². The summed E-state index contributed by atoms with van der Waals surface area (Å²) < 4.78 is 167. The number of carboxylic acid groups (broad SMARTS) is 1. The van der Waals surface area contributed by atoms with Gasteiger partial charge in [-0.25, -0.2) is 4.90 Å². The highest BCUT2D eigenvalue weighted by atomic mass is 32.2. The van der Waals surface area contributed by atoms with E-state index in [1.54, 1.807) is 24.3 Å². The van der Waals surface area contributed by atoms with E-state index in [9.17, 15) is 61.8 Å². The van der Waals surface area contributed by atoms with Crippen LogP contribution in [0.5, 0.6) is 46.0 Å². The molecule has 0 saturated carbocycles. The third-order valence-corrected chi connectivity index (χ3v) is 22.4. The van der Waals surface area contributed by atoms with E-state index < -0.39 is 89.7 Å². The van der Waals surface area contributed by atoms with Crippen molar-refractivity contribution < 1.29 is 99.9 Å². The molecule has 13 aromatic rings. The van der Waals surface area contributed by atoms with Crippen molar-refractivity contribution in [1.82, 2.24) is 4.90 Å². The van der Waals surface area contributed by atoms with E-state index in [1.165, 1.54) is 72.8 Å². The average molecular weight is 1480 g/mol. The van der Waals surface area contributed by atoms with Crippen LogP contribution in [0.15, 0.2) is 183 Å². The summed E-state index contributed by atoms with van der Waals surface area (Å²) in [5, 5.41) is 13.2. The van der Waals surface area contributed by atoms with Gasteiger partial charge >= 0.3 is 5.97 Å². The normalized spacial score (nSPS) is 13.8. The Balaban J connectivity index is 1.10. The minimum atomic E-state index is -4.74. The van der Waals surface area contributed by atoms with E-state index in [4.69, 9.17) is 18.9 Å². The molecule has 0 bridgehead atoms. The maximum Gasteiger partial charge on any atom is 0.303 e. The van der Waals surface area contributed by atoms with Gasteiger partial charge < -0.3 is 24.1 Å². The minimum Gasteiger partial charge on any atom is -0.481 e. The van der Waals surface area contributed by atoms with Crippen LogP contribution in [0.25, 0.3) is 75.4 Å². The number of aliphatic carboxylic acids is 1. The van der Waals surface area contributed by atoms with E-state index >= 15 is 19.2 Å². The first-order valence-electron chi connectivity index (χ1n) is 32.3. The molecule has 13 aromatic carbocycles. The zero-order valence-corrected chi connectivity index (χ0v) is 58.2. The largest absolute Gasteiger partial charge is 0.481 e. The Morgan fingerprint density at radius 3 is 0.923 bits per heavy atom. The van der Waals surface area contributed by atoms with Crippen molar-refractivity contribution >= 4 is 151 Å². The monoisotopic (exact) mass is 1480 g/mol. The average Bonchev–Trinajstić information content (AvgIpc) is 0.675. The number of carbonyl (C=O) groups is 5. The van der Waals surface area contributed by atoms with Gasteiger partial charge in [-0.05, 0) is 189 Å². The Labute approximate surface area is 591 Å². The zero-order chi connectivity index (χ0) is 73.7. The van der Waals surface area contributed by atoms with Crippen molar-refractivity contribution in [3.05, 3.63) is 197 Å². The Bertz CT molecular complexity index is 6060. The summed E-state index contributed by atoms with van der Waals surface area (Å²) in [5.41, 5.74) is 1.54. The van der Waals surface area contributed by atoms with Crippen LogP contribution in [0.4, 0.5) is 5.69 Å². The van der Waals surface area contributed by atoms with Crippen LogP contribution >= 0.6 is 0 Å². The predicted molar refractivity (Wildman–Crippen MR) is 384 cm³/mol. The number of ether oxygens (including phenoxy) is 4. The van der Waals surface area contributed by atoms with Gasteiger partial charge in [-0.15, -0.1) is 0 Å². The smallest absolute Gasteiger partial charge is 0.303 e. The van der Waals surface area contributed by atoms with E-state index in [0.717, 1.165) is 58.3 Å². The molecule has 24 nitrogen and oxygen atoms in total. The molecule has 0 aromatic heterocycles. The maximum absolute atomic E-state index is 16.1. The number of para-hydroxylation sites is 1. The number of carbonyl (C=O) groups excluding carboxylic acids is 4. The van der Waals surface area contributed by atoms with Crippen molar-refractivity contribution in [2.24, 2.45) is 0 Å². The number of hydrogen-bond acceptors (Lipinski definition) is 17. The fraction of sp³-hybridized carbons (Fsp3) is 0.145. The van der Waals surface area contributed by atoms with E-state index in [2.05, 4.69) is 0 Å². The van der Waals surface area contributed by atoms with Gasteiger partial charge in [0.2, 0.25) is 0 Å². The number of anilines is 1. The van der Waals surface area contributed by atoms with Crippen LogP contribution in [0, 0.1) is 0 Å². The van der Waals surface area contributed by atoms with Gasteiger partial charge in [-0.2, -0.15) is 33.7 Å². The third kappa shape index (κ3) is 11.5. The number of carboxylic acids is 1.